The van der Waals surface area contributed by atoms with Crippen molar-refractivity contribution in [3.8, 4) is 5.88 Å². The number of anilines is 1. The van der Waals surface area contributed by atoms with Crippen LogP contribution in [0.2, 0.25) is 0 Å². The number of rotatable bonds is 3. The number of nitrogens with zero attached hydrogens (tertiary/aromatic N) is 2. The molecule has 4 rings (SSSR count). The number of amides is 3. The topological polar surface area (TPSA) is 80.8 Å². The van der Waals surface area contributed by atoms with Gasteiger partial charge in [-0.3, -0.25) is 4.79 Å². The lowest BCUT2D eigenvalue weighted by atomic mass is 9.81. The Balaban J connectivity index is 1.50. The Bertz CT molecular complexity index is 965. The number of urea groups is 1. The fourth-order valence-electron chi connectivity index (χ4n) is 3.63. The van der Waals surface area contributed by atoms with Gasteiger partial charge in [0.2, 0.25) is 5.88 Å². The van der Waals surface area contributed by atoms with Crippen molar-refractivity contribution in [2.24, 2.45) is 5.41 Å². The lowest BCUT2D eigenvalue weighted by molar-refractivity contribution is -0.121. The van der Waals surface area contributed by atoms with Crippen molar-refractivity contribution in [1.29, 1.82) is 0 Å². The maximum absolute atomic E-state index is 12.4. The number of aromatic nitrogens is 1. The van der Waals surface area contributed by atoms with Crippen LogP contribution >= 0.6 is 0 Å². The van der Waals surface area contributed by atoms with E-state index in [9.17, 15) is 9.59 Å². The molecule has 1 saturated heterocycles. The molecule has 3 aliphatic rings. The van der Waals surface area contributed by atoms with Gasteiger partial charge >= 0.3 is 6.03 Å². The molecule has 1 aromatic heterocycles. The molecule has 3 heterocycles. The second-order valence-electron chi connectivity index (χ2n) is 9.09. The standard InChI is InChI=1S/C22H25N3O4/c1-21(2,3)18-16-10-15(8-6-13(16)12-28-18)29-17-9-7-14(11-23-17)25-19(26)22(4,5)24-20(25)27/h7-12,18H,6H2,1-5H3,(H,24,27). The number of carbonyl (C=O) groups is 2. The zero-order valence-electron chi connectivity index (χ0n) is 17.3. The second-order valence-corrected chi connectivity index (χ2v) is 9.09. The molecule has 0 saturated carbocycles. The van der Waals surface area contributed by atoms with Crippen LogP contribution in [0.5, 0.6) is 5.88 Å². The van der Waals surface area contributed by atoms with Crippen LogP contribution in [0.4, 0.5) is 10.5 Å². The molecule has 0 radical (unpaired) electrons. The van der Waals surface area contributed by atoms with E-state index in [2.05, 4.69) is 31.1 Å². The van der Waals surface area contributed by atoms with Crippen LogP contribution in [-0.2, 0) is 9.53 Å². The Morgan fingerprint density at radius 1 is 1.28 bits per heavy atom. The third-order valence-electron chi connectivity index (χ3n) is 5.17. The minimum absolute atomic E-state index is 0.0109. The summed E-state index contributed by atoms with van der Waals surface area (Å²) < 4.78 is 11.8. The number of pyridine rings is 1. The molecule has 29 heavy (non-hydrogen) atoms. The molecule has 2 aliphatic heterocycles. The largest absolute Gasteiger partial charge is 0.492 e. The molecule has 7 nitrogen and oxygen atoms in total. The molecule has 0 spiro atoms. The van der Waals surface area contributed by atoms with E-state index < -0.39 is 11.6 Å². The first-order chi connectivity index (χ1) is 13.6. The second kappa shape index (κ2) is 6.47. The highest BCUT2D eigenvalue weighted by Gasteiger charge is 2.45. The first-order valence-corrected chi connectivity index (χ1v) is 9.63. The van der Waals surface area contributed by atoms with E-state index in [1.54, 1.807) is 26.0 Å². The third kappa shape index (κ3) is 3.41. The lowest BCUT2D eigenvalue weighted by Gasteiger charge is -2.29. The van der Waals surface area contributed by atoms with Gasteiger partial charge in [0.1, 0.15) is 17.4 Å². The molecule has 3 amide bonds. The van der Waals surface area contributed by atoms with Crippen molar-refractivity contribution in [1.82, 2.24) is 10.3 Å². The minimum atomic E-state index is -0.927. The highest BCUT2D eigenvalue weighted by atomic mass is 16.5. The highest BCUT2D eigenvalue weighted by Crippen LogP contribution is 2.40. The quantitative estimate of drug-likeness (QED) is 0.787. The molecule has 1 aromatic rings. The number of hydrogen-bond acceptors (Lipinski definition) is 5. The van der Waals surface area contributed by atoms with Crippen LogP contribution < -0.4 is 15.0 Å². The monoisotopic (exact) mass is 395 g/mol. The lowest BCUT2D eigenvalue weighted by Crippen LogP contribution is -2.40. The molecule has 1 N–H and O–H groups in total. The van der Waals surface area contributed by atoms with Gasteiger partial charge in [-0.25, -0.2) is 14.7 Å². The molecule has 0 aromatic carbocycles. The molecule has 152 valence electrons. The van der Waals surface area contributed by atoms with Crippen molar-refractivity contribution >= 4 is 17.6 Å². The first kappa shape index (κ1) is 19.2. The SMILES string of the molecule is CC1(C)NC(=O)N(c2ccc(OC3=CCC4=COC(C(C)(C)C)C4=C3)nc2)C1=O. The van der Waals surface area contributed by atoms with Crippen LogP contribution in [0.25, 0.3) is 0 Å². The van der Waals surface area contributed by atoms with Gasteiger partial charge in [-0.1, -0.05) is 20.8 Å². The first-order valence-electron chi connectivity index (χ1n) is 9.63. The summed E-state index contributed by atoms with van der Waals surface area (Å²) in [6, 6.07) is 2.85. The molecule has 1 fully saturated rings. The van der Waals surface area contributed by atoms with Crippen molar-refractivity contribution < 1.29 is 19.1 Å². The van der Waals surface area contributed by atoms with Gasteiger partial charge in [0, 0.05) is 17.1 Å². The smallest absolute Gasteiger partial charge is 0.329 e. The Morgan fingerprint density at radius 3 is 2.62 bits per heavy atom. The van der Waals surface area contributed by atoms with Crippen molar-refractivity contribution in [2.75, 3.05) is 4.90 Å². The molecular formula is C22H25N3O4. The van der Waals surface area contributed by atoms with Gasteiger partial charge in [-0.15, -0.1) is 0 Å². The van der Waals surface area contributed by atoms with Crippen LogP contribution in [0, 0.1) is 5.41 Å². The summed E-state index contributed by atoms with van der Waals surface area (Å²) in [5.41, 5.74) is 1.76. The number of hydrogen-bond donors (Lipinski definition) is 1. The van der Waals surface area contributed by atoms with E-state index in [4.69, 9.17) is 9.47 Å². The zero-order valence-corrected chi connectivity index (χ0v) is 17.3. The summed E-state index contributed by atoms with van der Waals surface area (Å²) in [4.78, 5) is 29.9. The molecule has 1 unspecified atom stereocenters. The number of imide groups is 1. The fourth-order valence-corrected chi connectivity index (χ4v) is 3.63. The fraction of sp³-hybridized carbons (Fsp3) is 0.409. The number of carbonyl (C=O) groups excluding carboxylic acids is 2. The summed E-state index contributed by atoms with van der Waals surface area (Å²) >= 11 is 0. The average Bonchev–Trinajstić information content (AvgIpc) is 3.14. The summed E-state index contributed by atoms with van der Waals surface area (Å²) in [5, 5.41) is 2.65. The molecule has 1 atom stereocenters. The summed E-state index contributed by atoms with van der Waals surface area (Å²) in [6.07, 6.45) is 8.01. The Morgan fingerprint density at radius 2 is 2.03 bits per heavy atom. The number of fused-ring (bicyclic) bond motifs is 1. The zero-order chi connectivity index (χ0) is 21.0. The van der Waals surface area contributed by atoms with Gasteiger partial charge in [0.15, 0.2) is 0 Å². The maximum Gasteiger partial charge on any atom is 0.329 e. The predicted octanol–water partition coefficient (Wildman–Crippen LogP) is 3.84. The molecule has 7 heteroatoms. The van der Waals surface area contributed by atoms with Gasteiger partial charge in [-0.2, -0.15) is 0 Å². The van der Waals surface area contributed by atoms with E-state index in [1.807, 2.05) is 18.4 Å². The van der Waals surface area contributed by atoms with E-state index in [0.717, 1.165) is 16.9 Å². The van der Waals surface area contributed by atoms with E-state index in [1.165, 1.54) is 11.8 Å². The van der Waals surface area contributed by atoms with E-state index >= 15 is 0 Å². The Kier molecular flexibility index (Phi) is 4.29. The van der Waals surface area contributed by atoms with Gasteiger partial charge in [0.25, 0.3) is 5.91 Å². The van der Waals surface area contributed by atoms with Crippen LogP contribution in [0.15, 0.2) is 53.6 Å². The maximum atomic E-state index is 12.4. The van der Waals surface area contributed by atoms with Crippen molar-refractivity contribution in [3.05, 3.63) is 53.6 Å². The molecular weight excluding hydrogens is 370 g/mol. The average molecular weight is 395 g/mol. The van der Waals surface area contributed by atoms with E-state index in [-0.39, 0.29) is 17.4 Å². The minimum Gasteiger partial charge on any atom is -0.492 e. The summed E-state index contributed by atoms with van der Waals surface area (Å²) in [7, 11) is 0. The predicted molar refractivity (Wildman–Crippen MR) is 108 cm³/mol. The molecule has 0 bridgehead atoms. The van der Waals surface area contributed by atoms with Crippen molar-refractivity contribution in [3.63, 3.8) is 0 Å². The van der Waals surface area contributed by atoms with Gasteiger partial charge in [0.05, 0.1) is 18.1 Å². The third-order valence-corrected chi connectivity index (χ3v) is 5.17. The number of nitrogens with one attached hydrogen (secondary N) is 1. The summed E-state index contributed by atoms with van der Waals surface area (Å²) in [5.74, 6) is 0.779. The van der Waals surface area contributed by atoms with Crippen LogP contribution in [-0.4, -0.2) is 28.6 Å². The van der Waals surface area contributed by atoms with Gasteiger partial charge in [-0.05, 0) is 44.1 Å². The summed E-state index contributed by atoms with van der Waals surface area (Å²) in [6.45, 7) is 9.77. The van der Waals surface area contributed by atoms with Gasteiger partial charge < -0.3 is 14.8 Å². The Hall–Kier alpha value is -3.09. The highest BCUT2D eigenvalue weighted by molar-refractivity contribution is 6.22. The normalized spacial score (nSPS) is 23.0. The molecule has 1 aliphatic carbocycles. The van der Waals surface area contributed by atoms with Crippen LogP contribution in [0.1, 0.15) is 41.0 Å². The van der Waals surface area contributed by atoms with E-state index in [0.29, 0.717) is 17.3 Å². The Labute approximate surface area is 170 Å². The van der Waals surface area contributed by atoms with Crippen LogP contribution in [0.3, 0.4) is 0 Å². The number of ether oxygens (including phenoxy) is 2. The number of allylic oxidation sites excluding steroid dienone is 2. The van der Waals surface area contributed by atoms with Crippen molar-refractivity contribution in [2.45, 2.75) is 52.7 Å².